The summed E-state index contributed by atoms with van der Waals surface area (Å²) >= 11 is 0. The van der Waals surface area contributed by atoms with Crippen molar-refractivity contribution in [3.05, 3.63) is 23.8 Å². The predicted molar refractivity (Wildman–Crippen MR) is 82.1 cm³/mol. The van der Waals surface area contributed by atoms with Crippen molar-refractivity contribution < 1.29 is 23.8 Å². The minimum absolute atomic E-state index is 0.160. The number of carbonyl (C=O) groups excluding carboxylic acids is 2. The van der Waals surface area contributed by atoms with Crippen LogP contribution in [0.5, 0.6) is 11.5 Å². The van der Waals surface area contributed by atoms with Crippen LogP contribution in [0, 0.1) is 0 Å². The normalized spacial score (nSPS) is 11.5. The lowest BCUT2D eigenvalue weighted by Crippen LogP contribution is -2.35. The molecule has 1 N–H and O–H groups in total. The maximum atomic E-state index is 11.8. The number of ether oxygens (including phenoxy) is 3. The van der Waals surface area contributed by atoms with E-state index in [1.54, 1.807) is 27.2 Å². The molecule has 0 aliphatic rings. The first-order valence-corrected chi connectivity index (χ1v) is 7.20. The van der Waals surface area contributed by atoms with Gasteiger partial charge in [0.15, 0.2) is 17.6 Å². The number of hydrogen-bond donors (Lipinski definition) is 1. The van der Waals surface area contributed by atoms with Gasteiger partial charge in [0.1, 0.15) is 0 Å². The van der Waals surface area contributed by atoms with Crippen LogP contribution >= 0.6 is 0 Å². The maximum Gasteiger partial charge on any atom is 0.306 e. The molecule has 0 aromatic heterocycles. The number of benzene rings is 1. The molecule has 6 nitrogen and oxygen atoms in total. The number of para-hydroxylation sites is 1. The van der Waals surface area contributed by atoms with Crippen LogP contribution in [-0.4, -0.2) is 38.7 Å². The van der Waals surface area contributed by atoms with Gasteiger partial charge in [-0.05, 0) is 31.9 Å². The maximum absolute atomic E-state index is 11.8. The number of aryl methyl sites for hydroxylation is 1. The summed E-state index contributed by atoms with van der Waals surface area (Å²) in [6, 6.07) is 5.49. The molecule has 0 bridgehead atoms. The van der Waals surface area contributed by atoms with Crippen LogP contribution in [0.15, 0.2) is 18.2 Å². The second-order valence-corrected chi connectivity index (χ2v) is 4.68. The molecule has 0 unspecified atom stereocenters. The van der Waals surface area contributed by atoms with Crippen molar-refractivity contribution in [1.29, 1.82) is 0 Å². The highest BCUT2D eigenvalue weighted by Crippen LogP contribution is 2.31. The summed E-state index contributed by atoms with van der Waals surface area (Å²) in [6.45, 7) is 3.86. The van der Waals surface area contributed by atoms with E-state index >= 15 is 0 Å². The Labute approximate surface area is 130 Å². The van der Waals surface area contributed by atoms with E-state index in [0.29, 0.717) is 24.5 Å². The fraction of sp³-hybridized carbons (Fsp3) is 0.500. The number of esters is 1. The molecule has 6 heteroatoms. The zero-order valence-electron chi connectivity index (χ0n) is 13.5. The number of nitrogens with one attached hydrogen (secondary N) is 1. The van der Waals surface area contributed by atoms with Gasteiger partial charge in [0.2, 0.25) is 0 Å². The molecule has 1 aromatic carbocycles. The highest BCUT2D eigenvalue weighted by molar-refractivity contribution is 5.83. The Morgan fingerprint density at radius 3 is 2.55 bits per heavy atom. The van der Waals surface area contributed by atoms with Gasteiger partial charge in [0.05, 0.1) is 14.2 Å². The lowest BCUT2D eigenvalue weighted by molar-refractivity contribution is -0.154. The van der Waals surface area contributed by atoms with Crippen LogP contribution in [0.2, 0.25) is 0 Å². The summed E-state index contributed by atoms with van der Waals surface area (Å²) in [5, 5.41) is 2.61. The van der Waals surface area contributed by atoms with E-state index in [1.165, 1.54) is 0 Å². The molecule has 0 saturated heterocycles. The van der Waals surface area contributed by atoms with Gasteiger partial charge in [0, 0.05) is 13.0 Å². The van der Waals surface area contributed by atoms with E-state index in [9.17, 15) is 9.59 Å². The molecule has 0 radical (unpaired) electrons. The standard InChI is InChI=1S/C16H23NO5/c1-5-17-16(19)11(2)22-14(18)10-9-12-7-6-8-13(20-3)15(12)21-4/h6-8,11H,5,9-10H2,1-4H3,(H,17,19)/t11-/m1/s1. The number of hydrogen-bond acceptors (Lipinski definition) is 5. The zero-order valence-corrected chi connectivity index (χ0v) is 13.5. The Kier molecular flexibility index (Phi) is 7.22. The third-order valence-electron chi connectivity index (χ3n) is 3.11. The largest absolute Gasteiger partial charge is 0.493 e. The van der Waals surface area contributed by atoms with Gasteiger partial charge in [-0.3, -0.25) is 9.59 Å². The van der Waals surface area contributed by atoms with Crippen molar-refractivity contribution in [2.75, 3.05) is 20.8 Å². The summed E-state index contributed by atoms with van der Waals surface area (Å²) in [6.07, 6.45) is -0.186. The van der Waals surface area contributed by atoms with Crippen molar-refractivity contribution >= 4 is 11.9 Å². The second kappa shape index (κ2) is 8.92. The lowest BCUT2D eigenvalue weighted by atomic mass is 10.1. The Morgan fingerprint density at radius 2 is 1.95 bits per heavy atom. The Bertz CT molecular complexity index is 515. The summed E-state index contributed by atoms with van der Waals surface area (Å²) in [4.78, 5) is 23.3. The lowest BCUT2D eigenvalue weighted by Gasteiger charge is -2.14. The van der Waals surface area contributed by atoms with E-state index < -0.39 is 12.1 Å². The van der Waals surface area contributed by atoms with Crippen LogP contribution in [-0.2, 0) is 20.7 Å². The van der Waals surface area contributed by atoms with Crippen LogP contribution in [0.1, 0.15) is 25.8 Å². The number of rotatable bonds is 8. The van der Waals surface area contributed by atoms with E-state index in [2.05, 4.69) is 5.32 Å². The first-order valence-electron chi connectivity index (χ1n) is 7.20. The molecule has 1 aromatic rings. The third kappa shape index (κ3) is 4.95. The zero-order chi connectivity index (χ0) is 16.5. The van der Waals surface area contributed by atoms with Gasteiger partial charge < -0.3 is 19.5 Å². The summed E-state index contributed by atoms with van der Waals surface area (Å²) < 4.78 is 15.6. The smallest absolute Gasteiger partial charge is 0.306 e. The highest BCUT2D eigenvalue weighted by atomic mass is 16.5. The molecule has 1 rings (SSSR count). The average molecular weight is 309 g/mol. The number of methoxy groups -OCH3 is 2. The predicted octanol–water partition coefficient (Wildman–Crippen LogP) is 1.70. The minimum atomic E-state index is -0.792. The fourth-order valence-electron chi connectivity index (χ4n) is 2.01. The number of carbonyl (C=O) groups is 2. The van der Waals surface area contributed by atoms with Gasteiger partial charge in [0.25, 0.3) is 5.91 Å². The van der Waals surface area contributed by atoms with E-state index in [1.807, 2.05) is 19.1 Å². The molecule has 0 spiro atoms. The number of likely N-dealkylation sites (N-methyl/N-ethyl adjacent to an activating group) is 1. The fourth-order valence-corrected chi connectivity index (χ4v) is 2.01. The van der Waals surface area contributed by atoms with E-state index in [4.69, 9.17) is 14.2 Å². The minimum Gasteiger partial charge on any atom is -0.493 e. The van der Waals surface area contributed by atoms with Gasteiger partial charge in [-0.2, -0.15) is 0 Å². The molecule has 0 aliphatic heterocycles. The Morgan fingerprint density at radius 1 is 1.23 bits per heavy atom. The van der Waals surface area contributed by atoms with Crippen molar-refractivity contribution in [3.63, 3.8) is 0 Å². The topological polar surface area (TPSA) is 73.9 Å². The first-order chi connectivity index (χ1) is 10.5. The monoisotopic (exact) mass is 309 g/mol. The summed E-state index contributed by atoms with van der Waals surface area (Å²) in [5.41, 5.74) is 0.851. The van der Waals surface area contributed by atoms with Gasteiger partial charge in [-0.15, -0.1) is 0 Å². The Hall–Kier alpha value is -2.24. The highest BCUT2D eigenvalue weighted by Gasteiger charge is 2.17. The molecule has 1 atom stereocenters. The van der Waals surface area contributed by atoms with Gasteiger partial charge in [-0.1, -0.05) is 12.1 Å². The molecular formula is C16H23NO5. The van der Waals surface area contributed by atoms with Crippen LogP contribution in [0.25, 0.3) is 0 Å². The first kappa shape index (κ1) is 17.8. The van der Waals surface area contributed by atoms with E-state index in [0.717, 1.165) is 5.56 Å². The van der Waals surface area contributed by atoms with Crippen LogP contribution < -0.4 is 14.8 Å². The molecule has 0 saturated carbocycles. The van der Waals surface area contributed by atoms with Crippen molar-refractivity contribution in [3.8, 4) is 11.5 Å². The number of amides is 1. The van der Waals surface area contributed by atoms with E-state index in [-0.39, 0.29) is 12.3 Å². The summed E-state index contributed by atoms with van der Waals surface area (Å²) in [7, 11) is 3.11. The quantitative estimate of drug-likeness (QED) is 0.740. The molecule has 122 valence electrons. The van der Waals surface area contributed by atoms with Crippen molar-refractivity contribution in [1.82, 2.24) is 5.32 Å². The molecule has 0 heterocycles. The molecule has 0 fully saturated rings. The third-order valence-corrected chi connectivity index (χ3v) is 3.11. The van der Waals surface area contributed by atoms with Gasteiger partial charge >= 0.3 is 5.97 Å². The molecule has 0 aliphatic carbocycles. The molecule has 1 amide bonds. The van der Waals surface area contributed by atoms with Crippen molar-refractivity contribution in [2.24, 2.45) is 0 Å². The molecule has 22 heavy (non-hydrogen) atoms. The summed E-state index contributed by atoms with van der Waals surface area (Å²) in [5.74, 6) is 0.497. The SMILES string of the molecule is CCNC(=O)[C@@H](C)OC(=O)CCc1cccc(OC)c1OC. The average Bonchev–Trinajstić information content (AvgIpc) is 2.52. The molecular weight excluding hydrogens is 286 g/mol. The van der Waals surface area contributed by atoms with Gasteiger partial charge in [-0.25, -0.2) is 0 Å². The second-order valence-electron chi connectivity index (χ2n) is 4.68. The van der Waals surface area contributed by atoms with Crippen LogP contribution in [0.3, 0.4) is 0 Å². The van der Waals surface area contributed by atoms with Crippen LogP contribution in [0.4, 0.5) is 0 Å². The van der Waals surface area contributed by atoms with Crippen molar-refractivity contribution in [2.45, 2.75) is 32.8 Å². The Balaban J connectivity index is 2.59.